The average Bonchev–Trinajstić information content (AvgIpc) is 3.05. The summed E-state index contributed by atoms with van der Waals surface area (Å²) in [5.41, 5.74) is 4.72. The smallest absolute Gasteiger partial charge is 0.265 e. The molecule has 0 bridgehead atoms. The van der Waals surface area contributed by atoms with E-state index in [4.69, 9.17) is 0 Å². The first-order valence-corrected chi connectivity index (χ1v) is 11.1. The molecule has 0 unspecified atom stereocenters. The van der Waals surface area contributed by atoms with Gasteiger partial charge in [-0.3, -0.25) is 4.79 Å². The van der Waals surface area contributed by atoms with E-state index in [1.165, 1.54) is 28.6 Å². The molecule has 4 aromatic rings. The molecule has 5 nitrogen and oxygen atoms in total. The number of nitrogens with one attached hydrogen (secondary N) is 1. The van der Waals surface area contributed by atoms with Gasteiger partial charge in [0.2, 0.25) is 0 Å². The minimum Gasteiger partial charge on any atom is -0.350 e. The van der Waals surface area contributed by atoms with Crippen molar-refractivity contribution < 1.29 is 13.2 Å². The van der Waals surface area contributed by atoms with Gasteiger partial charge in [-0.25, -0.2) is 13.1 Å². The molecule has 0 fully saturated rings. The van der Waals surface area contributed by atoms with Crippen LogP contribution in [0.2, 0.25) is 0 Å². The van der Waals surface area contributed by atoms with Crippen LogP contribution < -0.4 is 4.72 Å². The minimum atomic E-state index is -3.90. The maximum Gasteiger partial charge on any atom is 0.265 e. The summed E-state index contributed by atoms with van der Waals surface area (Å²) < 4.78 is 29.1. The quantitative estimate of drug-likeness (QED) is 0.528. The molecule has 1 heterocycles. The first-order valence-electron chi connectivity index (χ1n) is 9.60. The summed E-state index contributed by atoms with van der Waals surface area (Å²) in [4.78, 5) is 12.6. The van der Waals surface area contributed by atoms with Crippen molar-refractivity contribution in [3.8, 4) is 0 Å². The summed E-state index contributed by atoms with van der Waals surface area (Å²) in [5.74, 6) is -0.640. The number of carbonyl (C=O) groups excluding carboxylic acids is 1. The van der Waals surface area contributed by atoms with Gasteiger partial charge >= 0.3 is 0 Å². The second-order valence-electron chi connectivity index (χ2n) is 7.35. The third-order valence-corrected chi connectivity index (χ3v) is 6.59. The molecule has 1 N–H and O–H groups in total. The van der Waals surface area contributed by atoms with Crippen LogP contribution in [0, 0.1) is 6.92 Å². The fraction of sp³-hybridized carbons (Fsp3) is 0.125. The van der Waals surface area contributed by atoms with Gasteiger partial charge in [0.1, 0.15) is 0 Å². The lowest BCUT2D eigenvalue weighted by Crippen LogP contribution is -2.30. The van der Waals surface area contributed by atoms with E-state index in [0.717, 1.165) is 17.5 Å². The molecule has 0 aliphatic heterocycles. The van der Waals surface area contributed by atoms with Crippen molar-refractivity contribution in [2.24, 2.45) is 7.05 Å². The zero-order chi connectivity index (χ0) is 21.3. The number of sulfonamides is 1. The highest BCUT2D eigenvalue weighted by atomic mass is 32.2. The molecule has 152 valence electrons. The standard InChI is InChI=1S/C24H22N2O3S/c1-17-14-19(24(27)25-30(28,29)21-8-4-3-5-9-21)13-12-18(17)15-20-16-26(2)23-11-7-6-10-22(20)23/h3-14,16H,15H2,1-2H3,(H,25,27). The highest BCUT2D eigenvalue weighted by molar-refractivity contribution is 7.90. The van der Waals surface area contributed by atoms with Gasteiger partial charge in [0.15, 0.2) is 0 Å². The van der Waals surface area contributed by atoms with Crippen LogP contribution in [0.25, 0.3) is 10.9 Å². The first-order chi connectivity index (χ1) is 14.3. The Bertz CT molecular complexity index is 1340. The van der Waals surface area contributed by atoms with Crippen molar-refractivity contribution in [2.45, 2.75) is 18.2 Å². The van der Waals surface area contributed by atoms with E-state index in [1.807, 2.05) is 32.2 Å². The van der Waals surface area contributed by atoms with Crippen LogP contribution >= 0.6 is 0 Å². The number of hydrogen-bond acceptors (Lipinski definition) is 3. The van der Waals surface area contributed by atoms with Crippen LogP contribution in [0.1, 0.15) is 27.0 Å². The Morgan fingerprint density at radius 3 is 2.37 bits per heavy atom. The van der Waals surface area contributed by atoms with E-state index < -0.39 is 15.9 Å². The van der Waals surface area contributed by atoms with Gasteiger partial charge in [0, 0.05) is 29.7 Å². The molecule has 0 spiro atoms. The Morgan fingerprint density at radius 1 is 0.933 bits per heavy atom. The van der Waals surface area contributed by atoms with Crippen molar-refractivity contribution >= 4 is 26.8 Å². The summed E-state index contributed by atoms with van der Waals surface area (Å²) in [5, 5.41) is 1.20. The SMILES string of the molecule is Cc1cc(C(=O)NS(=O)(=O)c2ccccc2)ccc1Cc1cn(C)c2ccccc12. The second-order valence-corrected chi connectivity index (χ2v) is 9.03. The Kier molecular flexibility index (Phi) is 5.18. The number of rotatable bonds is 5. The molecule has 0 atom stereocenters. The molecular formula is C24H22N2O3S. The molecule has 0 saturated carbocycles. The van der Waals surface area contributed by atoms with Crippen LogP contribution in [0.15, 0.2) is 83.9 Å². The van der Waals surface area contributed by atoms with Crippen LogP contribution in [-0.4, -0.2) is 18.9 Å². The number of amides is 1. The molecule has 1 amide bonds. The molecule has 0 aliphatic rings. The van der Waals surface area contributed by atoms with Crippen molar-refractivity contribution in [2.75, 3.05) is 0 Å². The Morgan fingerprint density at radius 2 is 1.63 bits per heavy atom. The van der Waals surface area contributed by atoms with E-state index >= 15 is 0 Å². The van der Waals surface area contributed by atoms with E-state index in [-0.39, 0.29) is 4.90 Å². The lowest BCUT2D eigenvalue weighted by molar-refractivity contribution is 0.0981. The summed E-state index contributed by atoms with van der Waals surface area (Å²) >= 11 is 0. The number of nitrogens with zero attached hydrogens (tertiary/aromatic N) is 1. The van der Waals surface area contributed by atoms with Gasteiger partial charge in [-0.2, -0.15) is 0 Å². The number of hydrogen-bond donors (Lipinski definition) is 1. The predicted octanol–water partition coefficient (Wildman–Crippen LogP) is 4.20. The highest BCUT2D eigenvalue weighted by Crippen LogP contribution is 2.24. The minimum absolute atomic E-state index is 0.0580. The molecule has 4 rings (SSSR count). The van der Waals surface area contributed by atoms with Gasteiger partial charge in [-0.1, -0.05) is 42.5 Å². The van der Waals surface area contributed by atoms with E-state index in [1.54, 1.807) is 30.3 Å². The highest BCUT2D eigenvalue weighted by Gasteiger charge is 2.19. The fourth-order valence-electron chi connectivity index (χ4n) is 3.65. The van der Waals surface area contributed by atoms with Crippen molar-refractivity contribution in [1.82, 2.24) is 9.29 Å². The molecule has 0 radical (unpaired) electrons. The topological polar surface area (TPSA) is 68.2 Å². The Balaban J connectivity index is 1.56. The van der Waals surface area contributed by atoms with Crippen LogP contribution in [-0.2, 0) is 23.5 Å². The molecule has 0 aliphatic carbocycles. The predicted molar refractivity (Wildman–Crippen MR) is 118 cm³/mol. The third-order valence-electron chi connectivity index (χ3n) is 5.25. The fourth-order valence-corrected chi connectivity index (χ4v) is 4.64. The molecule has 3 aromatic carbocycles. The molecule has 30 heavy (non-hydrogen) atoms. The normalized spacial score (nSPS) is 11.5. The number of benzene rings is 3. The Hall–Kier alpha value is -3.38. The summed E-state index contributed by atoms with van der Waals surface area (Å²) in [6, 6.07) is 21.4. The molecular weight excluding hydrogens is 396 g/mol. The Labute approximate surface area is 176 Å². The number of carbonyl (C=O) groups is 1. The maximum absolute atomic E-state index is 12.5. The van der Waals surface area contributed by atoms with E-state index in [0.29, 0.717) is 5.56 Å². The van der Waals surface area contributed by atoms with Crippen LogP contribution in [0.4, 0.5) is 0 Å². The van der Waals surface area contributed by atoms with Gasteiger partial charge in [0.05, 0.1) is 4.90 Å². The van der Waals surface area contributed by atoms with Gasteiger partial charge in [-0.15, -0.1) is 0 Å². The van der Waals surface area contributed by atoms with E-state index in [2.05, 4.69) is 27.6 Å². The van der Waals surface area contributed by atoms with Gasteiger partial charge < -0.3 is 4.57 Å². The van der Waals surface area contributed by atoms with Crippen LogP contribution in [0.3, 0.4) is 0 Å². The summed E-state index contributed by atoms with van der Waals surface area (Å²) in [6.45, 7) is 1.93. The monoisotopic (exact) mass is 418 g/mol. The molecule has 1 aromatic heterocycles. The molecule has 0 saturated heterocycles. The first kappa shape index (κ1) is 19.9. The maximum atomic E-state index is 12.5. The zero-order valence-electron chi connectivity index (χ0n) is 16.8. The third kappa shape index (κ3) is 3.86. The number of para-hydroxylation sites is 1. The van der Waals surface area contributed by atoms with Crippen molar-refractivity contribution in [3.05, 3.63) is 101 Å². The summed E-state index contributed by atoms with van der Waals surface area (Å²) in [6.07, 6.45) is 2.86. The van der Waals surface area contributed by atoms with Crippen molar-refractivity contribution in [3.63, 3.8) is 0 Å². The van der Waals surface area contributed by atoms with Gasteiger partial charge in [-0.05, 0) is 60.4 Å². The largest absolute Gasteiger partial charge is 0.350 e. The zero-order valence-corrected chi connectivity index (χ0v) is 17.6. The summed E-state index contributed by atoms with van der Waals surface area (Å²) in [7, 11) is -1.88. The van der Waals surface area contributed by atoms with Crippen LogP contribution in [0.5, 0.6) is 0 Å². The van der Waals surface area contributed by atoms with Crippen molar-refractivity contribution in [1.29, 1.82) is 0 Å². The number of aryl methyl sites for hydroxylation is 2. The lowest BCUT2D eigenvalue weighted by Gasteiger charge is -2.10. The molecule has 6 heteroatoms. The lowest BCUT2D eigenvalue weighted by atomic mass is 9.98. The van der Waals surface area contributed by atoms with Gasteiger partial charge in [0.25, 0.3) is 15.9 Å². The average molecular weight is 419 g/mol. The number of aromatic nitrogens is 1. The second kappa shape index (κ2) is 7.80. The number of fused-ring (bicyclic) bond motifs is 1. The van der Waals surface area contributed by atoms with E-state index in [9.17, 15) is 13.2 Å².